The Hall–Kier alpha value is -2.24. The van der Waals surface area contributed by atoms with Crippen LogP contribution in [0.4, 0.5) is 4.39 Å². The van der Waals surface area contributed by atoms with Gasteiger partial charge in [-0.1, -0.05) is 42.5 Å². The van der Waals surface area contributed by atoms with Crippen molar-refractivity contribution in [3.05, 3.63) is 71.5 Å². The third kappa shape index (κ3) is 5.38. The molecule has 0 aliphatic carbocycles. The molecule has 1 saturated heterocycles. The van der Waals surface area contributed by atoms with Crippen LogP contribution in [-0.4, -0.2) is 53.1 Å². The van der Waals surface area contributed by atoms with Crippen LogP contribution in [0.25, 0.3) is 0 Å². The Balaban J connectivity index is 1.53. The maximum atomic E-state index is 13.2. The van der Waals surface area contributed by atoms with E-state index < -0.39 is 6.10 Å². The molecule has 138 valence electrons. The normalized spacial score (nSPS) is 18.5. The van der Waals surface area contributed by atoms with Crippen molar-refractivity contribution < 1.29 is 14.3 Å². The molecule has 5 heteroatoms. The summed E-state index contributed by atoms with van der Waals surface area (Å²) in [6.07, 6.45) is 0.283. The van der Waals surface area contributed by atoms with Gasteiger partial charge in [0.1, 0.15) is 5.82 Å². The van der Waals surface area contributed by atoms with Crippen LogP contribution in [0.2, 0.25) is 0 Å². The maximum absolute atomic E-state index is 13.2. The smallest absolute Gasteiger partial charge is 0.223 e. The number of hydrogen-bond acceptors (Lipinski definition) is 3. The summed E-state index contributed by atoms with van der Waals surface area (Å²) in [7, 11) is 0. The second kappa shape index (κ2) is 8.92. The van der Waals surface area contributed by atoms with Crippen LogP contribution >= 0.6 is 0 Å². The molecular weight excluding hydrogens is 331 g/mol. The Labute approximate surface area is 153 Å². The zero-order valence-corrected chi connectivity index (χ0v) is 14.9. The summed E-state index contributed by atoms with van der Waals surface area (Å²) in [5.74, 6) is -0.272. The van der Waals surface area contributed by atoms with Crippen LogP contribution in [0.1, 0.15) is 17.5 Å². The fourth-order valence-corrected chi connectivity index (χ4v) is 3.37. The first-order valence-corrected chi connectivity index (χ1v) is 9.07. The summed E-state index contributed by atoms with van der Waals surface area (Å²) in [4.78, 5) is 16.4. The number of nitrogens with zero attached hydrogens (tertiary/aromatic N) is 2. The van der Waals surface area contributed by atoms with Crippen molar-refractivity contribution in [1.29, 1.82) is 0 Å². The van der Waals surface area contributed by atoms with Gasteiger partial charge >= 0.3 is 0 Å². The monoisotopic (exact) mass is 356 g/mol. The lowest BCUT2D eigenvalue weighted by Crippen LogP contribution is -2.37. The molecule has 3 rings (SSSR count). The fraction of sp³-hybridized carbons (Fsp3) is 0.381. The van der Waals surface area contributed by atoms with Crippen molar-refractivity contribution in [2.75, 3.05) is 26.2 Å². The van der Waals surface area contributed by atoms with Gasteiger partial charge in [0, 0.05) is 39.1 Å². The Morgan fingerprint density at radius 2 is 1.81 bits per heavy atom. The second-order valence-electron chi connectivity index (χ2n) is 6.84. The first kappa shape index (κ1) is 18.5. The molecule has 1 aliphatic rings. The number of β-amino-alcohol motifs (C(OH)–C–C–N with tert-alkyl or cyclic N) is 1. The van der Waals surface area contributed by atoms with Crippen molar-refractivity contribution >= 4 is 5.91 Å². The lowest BCUT2D eigenvalue weighted by Gasteiger charge is -2.22. The largest absolute Gasteiger partial charge is 0.390 e. The van der Waals surface area contributed by atoms with Gasteiger partial charge in [0.2, 0.25) is 5.91 Å². The fourth-order valence-electron chi connectivity index (χ4n) is 3.37. The number of carbonyl (C=O) groups is 1. The van der Waals surface area contributed by atoms with Crippen molar-refractivity contribution in [2.24, 2.45) is 0 Å². The van der Waals surface area contributed by atoms with Gasteiger partial charge in [0.15, 0.2) is 0 Å². The van der Waals surface area contributed by atoms with Crippen LogP contribution < -0.4 is 0 Å². The van der Waals surface area contributed by atoms with Crippen LogP contribution in [0.15, 0.2) is 54.6 Å². The predicted octanol–water partition coefficient (Wildman–Crippen LogP) is 2.46. The molecule has 1 N–H and O–H groups in total. The van der Waals surface area contributed by atoms with Gasteiger partial charge in [-0.25, -0.2) is 4.39 Å². The summed E-state index contributed by atoms with van der Waals surface area (Å²) in [5.41, 5.74) is 2.02. The highest BCUT2D eigenvalue weighted by Crippen LogP contribution is 2.12. The van der Waals surface area contributed by atoms with E-state index in [4.69, 9.17) is 0 Å². The molecule has 1 unspecified atom stereocenters. The van der Waals surface area contributed by atoms with Gasteiger partial charge in [0.25, 0.3) is 0 Å². The quantitative estimate of drug-likeness (QED) is 0.895. The number of rotatable bonds is 5. The Morgan fingerprint density at radius 1 is 1.04 bits per heavy atom. The zero-order chi connectivity index (χ0) is 18.4. The Bertz CT molecular complexity index is 723. The average molecular weight is 356 g/mol. The van der Waals surface area contributed by atoms with E-state index in [0.717, 1.165) is 18.7 Å². The molecule has 26 heavy (non-hydrogen) atoms. The Kier molecular flexibility index (Phi) is 6.36. The van der Waals surface area contributed by atoms with Crippen LogP contribution in [0.3, 0.4) is 0 Å². The minimum atomic E-state index is -0.556. The second-order valence-corrected chi connectivity index (χ2v) is 6.84. The number of amides is 1. The number of aliphatic hydroxyl groups is 1. The lowest BCUT2D eigenvalue weighted by atomic mass is 10.1. The molecule has 1 amide bonds. The van der Waals surface area contributed by atoms with E-state index >= 15 is 0 Å². The SMILES string of the molecule is O=C(CCc1cccc(F)c1)N1CCN(Cc2ccccc2)CC(O)C1. The van der Waals surface area contributed by atoms with Gasteiger partial charge in [-0.15, -0.1) is 0 Å². The van der Waals surface area contributed by atoms with E-state index in [9.17, 15) is 14.3 Å². The van der Waals surface area contributed by atoms with Gasteiger partial charge in [-0.05, 0) is 29.7 Å². The van der Waals surface area contributed by atoms with E-state index in [0.29, 0.717) is 32.5 Å². The zero-order valence-electron chi connectivity index (χ0n) is 14.9. The highest BCUT2D eigenvalue weighted by atomic mass is 19.1. The van der Waals surface area contributed by atoms with Gasteiger partial charge in [-0.2, -0.15) is 0 Å². The summed E-state index contributed by atoms with van der Waals surface area (Å²) < 4.78 is 13.2. The van der Waals surface area contributed by atoms with Crippen molar-refractivity contribution in [2.45, 2.75) is 25.5 Å². The first-order chi connectivity index (χ1) is 12.6. The lowest BCUT2D eigenvalue weighted by molar-refractivity contribution is -0.132. The average Bonchev–Trinajstić information content (AvgIpc) is 2.82. The van der Waals surface area contributed by atoms with Crippen LogP contribution in [0, 0.1) is 5.82 Å². The number of halogens is 1. The molecule has 0 spiro atoms. The molecule has 2 aromatic carbocycles. The first-order valence-electron chi connectivity index (χ1n) is 9.07. The third-order valence-corrected chi connectivity index (χ3v) is 4.70. The molecule has 2 aromatic rings. The van der Waals surface area contributed by atoms with Gasteiger partial charge in [-0.3, -0.25) is 9.69 Å². The molecule has 0 aromatic heterocycles. The highest BCUT2D eigenvalue weighted by molar-refractivity contribution is 5.76. The molecule has 0 radical (unpaired) electrons. The summed E-state index contributed by atoms with van der Waals surface area (Å²) in [5, 5.41) is 10.3. The van der Waals surface area contributed by atoms with Crippen molar-refractivity contribution in [3.63, 3.8) is 0 Å². The molecule has 1 atom stereocenters. The van der Waals surface area contributed by atoms with Crippen LogP contribution in [0.5, 0.6) is 0 Å². The van der Waals surface area contributed by atoms with E-state index in [-0.39, 0.29) is 11.7 Å². The minimum absolute atomic E-state index is 0.00914. The molecule has 0 saturated carbocycles. The van der Waals surface area contributed by atoms with Gasteiger partial charge in [0.05, 0.1) is 6.10 Å². The van der Waals surface area contributed by atoms with E-state index in [1.807, 2.05) is 24.3 Å². The molecule has 1 fully saturated rings. The summed E-state index contributed by atoms with van der Waals surface area (Å²) >= 11 is 0. The van der Waals surface area contributed by atoms with E-state index in [1.54, 1.807) is 11.0 Å². The Morgan fingerprint density at radius 3 is 2.58 bits per heavy atom. The minimum Gasteiger partial charge on any atom is -0.390 e. The molecular formula is C21H25FN2O2. The van der Waals surface area contributed by atoms with Crippen molar-refractivity contribution in [1.82, 2.24) is 9.80 Å². The number of carbonyl (C=O) groups excluding carboxylic acids is 1. The maximum Gasteiger partial charge on any atom is 0.223 e. The third-order valence-electron chi connectivity index (χ3n) is 4.70. The molecule has 1 aliphatic heterocycles. The molecule has 4 nitrogen and oxygen atoms in total. The molecule has 1 heterocycles. The highest BCUT2D eigenvalue weighted by Gasteiger charge is 2.24. The molecule has 0 bridgehead atoms. The topological polar surface area (TPSA) is 43.8 Å². The van der Waals surface area contributed by atoms with Gasteiger partial charge < -0.3 is 10.0 Å². The van der Waals surface area contributed by atoms with Crippen molar-refractivity contribution in [3.8, 4) is 0 Å². The summed E-state index contributed by atoms with van der Waals surface area (Å²) in [6, 6.07) is 16.5. The number of aliphatic hydroxyl groups excluding tert-OH is 1. The van der Waals surface area contributed by atoms with E-state index in [1.165, 1.54) is 17.7 Å². The van der Waals surface area contributed by atoms with E-state index in [2.05, 4.69) is 17.0 Å². The number of hydrogen-bond donors (Lipinski definition) is 1. The van der Waals surface area contributed by atoms with Crippen LogP contribution in [-0.2, 0) is 17.8 Å². The predicted molar refractivity (Wildman–Crippen MR) is 99.0 cm³/mol. The standard InChI is InChI=1S/C21H25FN2O2/c22-19-8-4-7-17(13-19)9-10-21(26)24-12-11-23(15-20(25)16-24)14-18-5-2-1-3-6-18/h1-8,13,20,25H,9-12,14-16H2. The summed E-state index contributed by atoms with van der Waals surface area (Å²) in [6.45, 7) is 3.02. The number of benzene rings is 2. The number of aryl methyl sites for hydroxylation is 1.